The predicted octanol–water partition coefficient (Wildman–Crippen LogP) is 1.49. The van der Waals surface area contributed by atoms with E-state index >= 15 is 0 Å². The summed E-state index contributed by atoms with van der Waals surface area (Å²) in [6.07, 6.45) is 2.61. The van der Waals surface area contributed by atoms with Crippen LogP contribution in [0.5, 0.6) is 0 Å². The topological polar surface area (TPSA) is 59.1 Å². The normalized spacial score (nSPS) is 46.0. The SMILES string of the molecule is C/C=C1\CN2C3C4OCC3(C(=O)OC)C1CC2C41C(=O)N(C)c2ccccc21. The van der Waals surface area contributed by atoms with Crippen LogP contribution in [0, 0.1) is 11.3 Å². The number of hydrogen-bond acceptors (Lipinski definition) is 5. The second-order valence-corrected chi connectivity index (χ2v) is 8.80. The number of fused-ring (bicyclic) bond motifs is 4. The second-order valence-electron chi connectivity index (χ2n) is 8.80. The summed E-state index contributed by atoms with van der Waals surface area (Å²) in [5, 5.41) is 0. The summed E-state index contributed by atoms with van der Waals surface area (Å²) in [7, 11) is 3.31. The summed E-state index contributed by atoms with van der Waals surface area (Å²) < 4.78 is 11.7. The van der Waals surface area contributed by atoms with E-state index in [1.165, 1.54) is 12.7 Å². The van der Waals surface area contributed by atoms with Crippen molar-refractivity contribution in [3.8, 4) is 0 Å². The summed E-state index contributed by atoms with van der Waals surface area (Å²) in [5.74, 6) is -0.0294. The molecule has 6 aliphatic heterocycles. The monoisotopic (exact) mass is 380 g/mol. The van der Waals surface area contributed by atoms with E-state index in [1.807, 2.05) is 32.2 Å². The molecule has 7 rings (SSSR count). The molecule has 5 saturated heterocycles. The Balaban J connectivity index is 1.62. The molecule has 7 atom stereocenters. The number of para-hydroxylation sites is 1. The molecule has 1 aromatic rings. The molecule has 7 unspecified atom stereocenters. The number of hydrogen-bond donors (Lipinski definition) is 0. The summed E-state index contributed by atoms with van der Waals surface area (Å²) in [4.78, 5) is 31.1. The van der Waals surface area contributed by atoms with Crippen molar-refractivity contribution >= 4 is 17.6 Å². The van der Waals surface area contributed by atoms with Gasteiger partial charge in [0.2, 0.25) is 5.91 Å². The Hall–Kier alpha value is -2.18. The summed E-state index contributed by atoms with van der Waals surface area (Å²) in [5.41, 5.74) is 1.83. The highest BCUT2D eigenvalue weighted by molar-refractivity contribution is 6.09. The lowest BCUT2D eigenvalue weighted by molar-refractivity contribution is -0.168. The number of anilines is 1. The largest absolute Gasteiger partial charge is 0.468 e. The average molecular weight is 380 g/mol. The first-order chi connectivity index (χ1) is 13.5. The molecule has 6 aliphatic rings. The van der Waals surface area contributed by atoms with Crippen molar-refractivity contribution in [1.82, 2.24) is 4.90 Å². The molecule has 6 heteroatoms. The minimum Gasteiger partial charge on any atom is -0.468 e. The van der Waals surface area contributed by atoms with Crippen molar-refractivity contribution in [2.75, 3.05) is 32.2 Å². The maximum absolute atomic E-state index is 13.8. The minimum absolute atomic E-state index is 0.0490. The highest BCUT2D eigenvalue weighted by Gasteiger charge is 2.82. The van der Waals surface area contributed by atoms with Gasteiger partial charge in [0.15, 0.2) is 0 Å². The third-order valence-corrected chi connectivity index (χ3v) is 8.25. The first-order valence-corrected chi connectivity index (χ1v) is 10.0. The predicted molar refractivity (Wildman–Crippen MR) is 102 cm³/mol. The van der Waals surface area contributed by atoms with Crippen LogP contribution in [0.4, 0.5) is 5.69 Å². The van der Waals surface area contributed by atoms with Gasteiger partial charge in [0.1, 0.15) is 10.8 Å². The lowest BCUT2D eigenvalue weighted by Gasteiger charge is -2.56. The molecule has 146 valence electrons. The molecule has 6 nitrogen and oxygen atoms in total. The summed E-state index contributed by atoms with van der Waals surface area (Å²) in [6, 6.07) is 8.00. The van der Waals surface area contributed by atoms with Gasteiger partial charge in [-0.25, -0.2) is 0 Å². The lowest BCUT2D eigenvalue weighted by Crippen LogP contribution is -2.66. The third kappa shape index (κ3) is 1.44. The molecule has 1 spiro atoms. The van der Waals surface area contributed by atoms with Crippen LogP contribution in [0.15, 0.2) is 35.9 Å². The van der Waals surface area contributed by atoms with E-state index in [0.29, 0.717) is 6.61 Å². The number of esters is 1. The van der Waals surface area contributed by atoms with Gasteiger partial charge in [-0.15, -0.1) is 0 Å². The van der Waals surface area contributed by atoms with Gasteiger partial charge < -0.3 is 14.4 Å². The number of carbonyl (C=O) groups excluding carboxylic acids is 2. The number of piperidine rings is 3. The van der Waals surface area contributed by atoms with E-state index in [-0.39, 0.29) is 36.0 Å². The Morgan fingerprint density at radius 1 is 1.36 bits per heavy atom. The van der Waals surface area contributed by atoms with E-state index in [2.05, 4.69) is 17.0 Å². The Morgan fingerprint density at radius 3 is 2.89 bits per heavy atom. The molecule has 28 heavy (non-hydrogen) atoms. The fourth-order valence-corrected chi connectivity index (χ4v) is 7.26. The van der Waals surface area contributed by atoms with Crippen molar-refractivity contribution in [1.29, 1.82) is 0 Å². The van der Waals surface area contributed by atoms with Gasteiger partial charge in [-0.05, 0) is 25.0 Å². The molecule has 5 fully saturated rings. The zero-order valence-corrected chi connectivity index (χ0v) is 16.3. The highest BCUT2D eigenvalue weighted by atomic mass is 16.5. The molecule has 0 saturated carbocycles. The first kappa shape index (κ1) is 16.7. The van der Waals surface area contributed by atoms with E-state index in [4.69, 9.17) is 9.47 Å². The summed E-state index contributed by atoms with van der Waals surface area (Å²) >= 11 is 0. The van der Waals surface area contributed by atoms with Crippen molar-refractivity contribution in [3.05, 3.63) is 41.5 Å². The standard InChI is InChI=1S/C22H24N2O4/c1-4-12-10-24-16-9-14(12)21(20(26)27-3)11-28-18(17(21)24)22(16)13-7-5-6-8-15(13)23(2)19(22)25/h4-8,14,16-18H,9-11H2,1-3H3/b12-4+. The van der Waals surface area contributed by atoms with Gasteiger partial charge in [-0.1, -0.05) is 29.8 Å². The second kappa shape index (κ2) is 5.05. The number of nitrogens with zero attached hydrogens (tertiary/aromatic N) is 2. The molecular formula is C22H24N2O4. The van der Waals surface area contributed by atoms with Crippen LogP contribution in [0.1, 0.15) is 18.9 Å². The number of methoxy groups -OCH3 is 1. The molecule has 1 aromatic carbocycles. The van der Waals surface area contributed by atoms with Crippen molar-refractivity contribution in [3.63, 3.8) is 0 Å². The molecule has 0 aromatic heterocycles. The van der Waals surface area contributed by atoms with Crippen molar-refractivity contribution in [2.24, 2.45) is 11.3 Å². The van der Waals surface area contributed by atoms with Gasteiger partial charge in [-0.2, -0.15) is 0 Å². The maximum Gasteiger partial charge on any atom is 0.316 e. The highest BCUT2D eigenvalue weighted by Crippen LogP contribution is 2.68. The maximum atomic E-state index is 13.8. The number of ether oxygens (including phenoxy) is 2. The minimum atomic E-state index is -0.736. The van der Waals surface area contributed by atoms with Crippen LogP contribution >= 0.6 is 0 Å². The first-order valence-electron chi connectivity index (χ1n) is 10.0. The smallest absolute Gasteiger partial charge is 0.316 e. The van der Waals surface area contributed by atoms with Gasteiger partial charge >= 0.3 is 5.97 Å². The van der Waals surface area contributed by atoms with Crippen LogP contribution < -0.4 is 4.90 Å². The molecule has 0 N–H and O–H groups in total. The third-order valence-electron chi connectivity index (χ3n) is 8.25. The lowest BCUT2D eigenvalue weighted by atomic mass is 9.60. The van der Waals surface area contributed by atoms with E-state index in [0.717, 1.165) is 24.2 Å². The zero-order chi connectivity index (χ0) is 19.4. The number of likely N-dealkylation sites (N-methyl/N-ethyl adjacent to an activating group) is 1. The van der Waals surface area contributed by atoms with Crippen molar-refractivity contribution in [2.45, 2.75) is 36.9 Å². The average Bonchev–Trinajstić information content (AvgIpc) is 3.32. The number of carbonyl (C=O) groups is 2. The van der Waals surface area contributed by atoms with Crippen LogP contribution in [0.3, 0.4) is 0 Å². The molecule has 6 heterocycles. The molecule has 4 bridgehead atoms. The van der Waals surface area contributed by atoms with Crippen LogP contribution in [0.25, 0.3) is 0 Å². The van der Waals surface area contributed by atoms with Crippen LogP contribution in [-0.2, 0) is 24.5 Å². The van der Waals surface area contributed by atoms with Crippen LogP contribution in [-0.4, -0.2) is 62.3 Å². The van der Waals surface area contributed by atoms with Gasteiger partial charge in [0.25, 0.3) is 0 Å². The Labute approximate surface area is 164 Å². The Morgan fingerprint density at radius 2 is 2.14 bits per heavy atom. The summed E-state index contributed by atoms with van der Waals surface area (Å²) in [6.45, 7) is 3.16. The fraction of sp³-hybridized carbons (Fsp3) is 0.545. The van der Waals surface area contributed by atoms with E-state index in [9.17, 15) is 9.59 Å². The number of rotatable bonds is 1. The zero-order valence-electron chi connectivity index (χ0n) is 16.3. The Kier molecular flexibility index (Phi) is 3.02. The Bertz CT molecular complexity index is 958. The molecular weight excluding hydrogens is 356 g/mol. The molecule has 1 amide bonds. The fourth-order valence-electron chi connectivity index (χ4n) is 7.26. The van der Waals surface area contributed by atoms with Gasteiger partial charge in [0, 0.05) is 31.2 Å². The van der Waals surface area contributed by atoms with E-state index in [1.54, 1.807) is 4.90 Å². The van der Waals surface area contributed by atoms with E-state index < -0.39 is 10.8 Å². The number of amides is 1. The number of benzene rings is 1. The van der Waals surface area contributed by atoms with Gasteiger partial charge in [0.05, 0.1) is 25.9 Å². The van der Waals surface area contributed by atoms with Crippen molar-refractivity contribution < 1.29 is 19.1 Å². The van der Waals surface area contributed by atoms with Gasteiger partial charge in [-0.3, -0.25) is 14.5 Å². The molecule has 0 radical (unpaired) electrons. The van der Waals surface area contributed by atoms with Crippen LogP contribution in [0.2, 0.25) is 0 Å². The number of allylic oxidation sites excluding steroid dienone is 1. The molecule has 0 aliphatic carbocycles. The quantitative estimate of drug-likeness (QED) is 0.546.